The third kappa shape index (κ3) is 6.23. The Hall–Kier alpha value is -3.02. The summed E-state index contributed by atoms with van der Waals surface area (Å²) in [4.78, 5) is 27.9. The fraction of sp³-hybridized carbons (Fsp3) is 0.440. The molecule has 1 aliphatic rings. The lowest BCUT2D eigenvalue weighted by atomic mass is 10.1. The van der Waals surface area contributed by atoms with Crippen LogP contribution >= 0.6 is 0 Å². The van der Waals surface area contributed by atoms with Crippen molar-refractivity contribution in [3.8, 4) is 11.5 Å². The Labute approximate surface area is 184 Å². The predicted octanol–water partition coefficient (Wildman–Crippen LogP) is 3.72. The molecule has 166 valence electrons. The molecule has 1 saturated carbocycles. The van der Waals surface area contributed by atoms with Gasteiger partial charge in [0.1, 0.15) is 17.5 Å². The molecule has 2 aromatic carbocycles. The van der Waals surface area contributed by atoms with Crippen LogP contribution < -0.4 is 14.8 Å². The second kappa shape index (κ2) is 10.8. The van der Waals surface area contributed by atoms with Crippen molar-refractivity contribution < 1.29 is 19.1 Å². The molecule has 1 atom stereocenters. The van der Waals surface area contributed by atoms with Crippen molar-refractivity contribution in [2.45, 2.75) is 57.7 Å². The van der Waals surface area contributed by atoms with Crippen molar-refractivity contribution in [1.82, 2.24) is 10.2 Å². The molecule has 6 heteroatoms. The number of methoxy groups -OCH3 is 2. The summed E-state index contributed by atoms with van der Waals surface area (Å²) >= 11 is 0. The molecule has 2 aromatic rings. The highest BCUT2D eigenvalue weighted by atomic mass is 16.5. The monoisotopic (exact) mass is 424 g/mol. The predicted molar refractivity (Wildman–Crippen MR) is 120 cm³/mol. The molecule has 0 radical (unpaired) electrons. The Morgan fingerprint density at radius 2 is 1.45 bits per heavy atom. The van der Waals surface area contributed by atoms with E-state index in [4.69, 9.17) is 9.47 Å². The summed E-state index contributed by atoms with van der Waals surface area (Å²) < 4.78 is 10.4. The summed E-state index contributed by atoms with van der Waals surface area (Å²) in [5.41, 5.74) is 1.83. The van der Waals surface area contributed by atoms with Crippen LogP contribution in [0.2, 0.25) is 0 Å². The van der Waals surface area contributed by atoms with Crippen LogP contribution in [-0.4, -0.2) is 43.0 Å². The maximum absolute atomic E-state index is 13.3. The van der Waals surface area contributed by atoms with Crippen LogP contribution in [0, 0.1) is 0 Å². The fourth-order valence-corrected chi connectivity index (χ4v) is 3.92. The SMILES string of the molecule is COc1ccc(CC(=O)N(Cc2ccc(OC)cc2)C(C)C(=O)NC2CCCC2)cc1. The number of ether oxygens (including phenoxy) is 2. The zero-order valence-corrected chi connectivity index (χ0v) is 18.6. The molecule has 1 aliphatic carbocycles. The quantitative estimate of drug-likeness (QED) is 0.666. The van der Waals surface area contributed by atoms with Gasteiger partial charge in [0.05, 0.1) is 20.6 Å². The van der Waals surface area contributed by atoms with Crippen molar-refractivity contribution in [1.29, 1.82) is 0 Å². The van der Waals surface area contributed by atoms with Gasteiger partial charge in [-0.15, -0.1) is 0 Å². The Morgan fingerprint density at radius 3 is 1.97 bits per heavy atom. The summed E-state index contributed by atoms with van der Waals surface area (Å²) in [6.07, 6.45) is 4.53. The summed E-state index contributed by atoms with van der Waals surface area (Å²) in [5, 5.41) is 3.13. The molecule has 0 spiro atoms. The number of amides is 2. The number of benzene rings is 2. The van der Waals surface area contributed by atoms with Gasteiger partial charge in [-0.05, 0) is 55.2 Å². The summed E-state index contributed by atoms with van der Waals surface area (Å²) in [6.45, 7) is 2.16. The van der Waals surface area contributed by atoms with E-state index >= 15 is 0 Å². The molecule has 0 heterocycles. The number of rotatable bonds is 9. The van der Waals surface area contributed by atoms with E-state index in [1.807, 2.05) is 48.5 Å². The minimum absolute atomic E-state index is 0.0879. The first-order valence-corrected chi connectivity index (χ1v) is 10.9. The molecule has 6 nitrogen and oxygen atoms in total. The van der Waals surface area contributed by atoms with Gasteiger partial charge in [-0.25, -0.2) is 0 Å². The van der Waals surface area contributed by atoms with Crippen LogP contribution in [0.25, 0.3) is 0 Å². The molecule has 1 N–H and O–H groups in total. The Morgan fingerprint density at radius 1 is 0.935 bits per heavy atom. The van der Waals surface area contributed by atoms with Gasteiger partial charge >= 0.3 is 0 Å². The fourth-order valence-electron chi connectivity index (χ4n) is 3.92. The molecule has 1 unspecified atom stereocenters. The maximum atomic E-state index is 13.3. The number of nitrogens with zero attached hydrogens (tertiary/aromatic N) is 1. The zero-order valence-electron chi connectivity index (χ0n) is 18.6. The highest BCUT2D eigenvalue weighted by molar-refractivity contribution is 5.88. The number of hydrogen-bond donors (Lipinski definition) is 1. The van der Waals surface area contributed by atoms with Gasteiger partial charge in [-0.1, -0.05) is 37.1 Å². The van der Waals surface area contributed by atoms with E-state index < -0.39 is 6.04 Å². The van der Waals surface area contributed by atoms with Crippen LogP contribution in [-0.2, 0) is 22.6 Å². The van der Waals surface area contributed by atoms with Gasteiger partial charge < -0.3 is 19.7 Å². The first-order chi connectivity index (χ1) is 15.0. The second-order valence-corrected chi connectivity index (χ2v) is 8.06. The summed E-state index contributed by atoms with van der Waals surface area (Å²) in [7, 11) is 3.23. The van der Waals surface area contributed by atoms with Gasteiger partial charge in [0, 0.05) is 12.6 Å². The van der Waals surface area contributed by atoms with Crippen molar-refractivity contribution >= 4 is 11.8 Å². The average molecular weight is 425 g/mol. The molecule has 0 bridgehead atoms. The van der Waals surface area contributed by atoms with Crippen LogP contribution in [0.3, 0.4) is 0 Å². The van der Waals surface area contributed by atoms with Gasteiger partial charge in [0.25, 0.3) is 0 Å². The van der Waals surface area contributed by atoms with E-state index in [-0.39, 0.29) is 24.3 Å². The zero-order chi connectivity index (χ0) is 22.2. The Kier molecular flexibility index (Phi) is 7.93. The lowest BCUT2D eigenvalue weighted by molar-refractivity contribution is -0.140. The molecule has 0 saturated heterocycles. The lowest BCUT2D eigenvalue weighted by Crippen LogP contribution is -2.50. The average Bonchev–Trinajstić information content (AvgIpc) is 3.31. The van der Waals surface area contributed by atoms with Crippen molar-refractivity contribution in [3.05, 3.63) is 59.7 Å². The van der Waals surface area contributed by atoms with E-state index in [1.54, 1.807) is 26.0 Å². The smallest absolute Gasteiger partial charge is 0.242 e. The first-order valence-electron chi connectivity index (χ1n) is 10.9. The van der Waals surface area contributed by atoms with E-state index in [0.717, 1.165) is 48.3 Å². The molecular weight excluding hydrogens is 392 g/mol. The van der Waals surface area contributed by atoms with Crippen LogP contribution in [0.4, 0.5) is 0 Å². The van der Waals surface area contributed by atoms with Crippen molar-refractivity contribution in [3.63, 3.8) is 0 Å². The summed E-state index contributed by atoms with van der Waals surface area (Å²) in [6, 6.07) is 14.7. The Balaban J connectivity index is 1.75. The van der Waals surface area contributed by atoms with Crippen molar-refractivity contribution in [2.75, 3.05) is 14.2 Å². The van der Waals surface area contributed by atoms with Crippen LogP contribution in [0.5, 0.6) is 11.5 Å². The van der Waals surface area contributed by atoms with Crippen LogP contribution in [0.1, 0.15) is 43.7 Å². The topological polar surface area (TPSA) is 67.9 Å². The Bertz CT molecular complexity index is 858. The summed E-state index contributed by atoms with van der Waals surface area (Å²) in [5.74, 6) is 1.32. The van der Waals surface area contributed by atoms with E-state index in [1.165, 1.54) is 0 Å². The third-order valence-corrected chi connectivity index (χ3v) is 5.90. The number of carbonyl (C=O) groups excluding carboxylic acids is 2. The minimum atomic E-state index is -0.562. The minimum Gasteiger partial charge on any atom is -0.497 e. The van der Waals surface area contributed by atoms with Gasteiger partial charge in [0.2, 0.25) is 11.8 Å². The molecule has 2 amide bonds. The number of nitrogens with one attached hydrogen (secondary N) is 1. The lowest BCUT2D eigenvalue weighted by Gasteiger charge is -2.30. The van der Waals surface area contributed by atoms with Crippen molar-refractivity contribution in [2.24, 2.45) is 0 Å². The van der Waals surface area contributed by atoms with Gasteiger partial charge in [0.15, 0.2) is 0 Å². The molecule has 31 heavy (non-hydrogen) atoms. The third-order valence-electron chi connectivity index (χ3n) is 5.90. The molecule has 0 aliphatic heterocycles. The van der Waals surface area contributed by atoms with E-state index in [2.05, 4.69) is 5.32 Å². The second-order valence-electron chi connectivity index (χ2n) is 8.06. The maximum Gasteiger partial charge on any atom is 0.242 e. The highest BCUT2D eigenvalue weighted by Crippen LogP contribution is 2.20. The molecule has 0 aromatic heterocycles. The molecule has 1 fully saturated rings. The normalized spacial score (nSPS) is 14.7. The molecular formula is C25H32N2O4. The van der Waals surface area contributed by atoms with E-state index in [9.17, 15) is 9.59 Å². The molecule has 3 rings (SSSR count). The van der Waals surface area contributed by atoms with E-state index in [0.29, 0.717) is 6.54 Å². The highest BCUT2D eigenvalue weighted by Gasteiger charge is 2.28. The van der Waals surface area contributed by atoms with Crippen LogP contribution in [0.15, 0.2) is 48.5 Å². The van der Waals surface area contributed by atoms with Gasteiger partial charge in [-0.2, -0.15) is 0 Å². The number of carbonyl (C=O) groups is 2. The largest absolute Gasteiger partial charge is 0.497 e. The van der Waals surface area contributed by atoms with Gasteiger partial charge in [-0.3, -0.25) is 9.59 Å². The standard InChI is InChI=1S/C25H32N2O4/c1-18(25(29)26-21-6-4-5-7-21)27(17-20-10-14-23(31-3)15-11-20)24(28)16-19-8-12-22(30-2)13-9-19/h8-15,18,21H,4-7,16-17H2,1-3H3,(H,26,29). The first kappa shape index (κ1) is 22.7. The number of hydrogen-bond acceptors (Lipinski definition) is 4.